The Labute approximate surface area is 80.7 Å². The van der Waals surface area contributed by atoms with Gasteiger partial charge in [0, 0.05) is 20.2 Å². The van der Waals surface area contributed by atoms with Crippen molar-refractivity contribution in [2.45, 2.75) is 10.3 Å². The van der Waals surface area contributed by atoms with Crippen LogP contribution in [-0.2, 0) is 4.74 Å². The standard InChI is InChI=1S/C6H14IN3O/c1-9-5(7)6(11-2)10-4-3-8/h5-6,10H,1,3-4,8H2,2H3. The average molecular weight is 271 g/mol. The minimum Gasteiger partial charge on any atom is -0.363 e. The van der Waals surface area contributed by atoms with Crippen LogP contribution in [0.5, 0.6) is 0 Å². The van der Waals surface area contributed by atoms with Crippen LogP contribution in [0.4, 0.5) is 0 Å². The summed E-state index contributed by atoms with van der Waals surface area (Å²) in [6, 6.07) is 0. The molecule has 5 heteroatoms. The summed E-state index contributed by atoms with van der Waals surface area (Å²) in [5.74, 6) is 0. The number of hydrogen-bond donors (Lipinski definition) is 2. The highest BCUT2D eigenvalue weighted by molar-refractivity contribution is 14.1. The highest BCUT2D eigenvalue weighted by Gasteiger charge is 2.14. The van der Waals surface area contributed by atoms with E-state index in [0.29, 0.717) is 6.54 Å². The summed E-state index contributed by atoms with van der Waals surface area (Å²) in [6.45, 7) is 4.76. The van der Waals surface area contributed by atoms with E-state index in [1.54, 1.807) is 7.11 Å². The Balaban J connectivity index is 3.64. The maximum absolute atomic E-state index is 5.31. The second-order valence-electron chi connectivity index (χ2n) is 1.95. The van der Waals surface area contributed by atoms with Crippen LogP contribution in [0, 0.1) is 0 Å². The number of nitrogens with two attached hydrogens (primary N) is 1. The van der Waals surface area contributed by atoms with Crippen molar-refractivity contribution < 1.29 is 4.74 Å². The number of methoxy groups -OCH3 is 1. The molecule has 0 saturated carbocycles. The predicted octanol–water partition coefficient (Wildman–Crippen LogP) is -0.0311. The van der Waals surface area contributed by atoms with Gasteiger partial charge in [-0.25, -0.2) is 0 Å². The lowest BCUT2D eigenvalue weighted by atomic mass is 10.5. The van der Waals surface area contributed by atoms with Gasteiger partial charge in [-0.3, -0.25) is 10.3 Å². The number of nitrogens with one attached hydrogen (secondary N) is 1. The molecule has 2 atom stereocenters. The molecule has 11 heavy (non-hydrogen) atoms. The summed E-state index contributed by atoms with van der Waals surface area (Å²) < 4.78 is 5.13. The summed E-state index contributed by atoms with van der Waals surface area (Å²) in [4.78, 5) is 3.82. The Kier molecular flexibility index (Phi) is 7.13. The monoisotopic (exact) mass is 271 g/mol. The van der Waals surface area contributed by atoms with E-state index in [9.17, 15) is 0 Å². The lowest BCUT2D eigenvalue weighted by Crippen LogP contribution is -2.40. The van der Waals surface area contributed by atoms with E-state index in [-0.39, 0.29) is 10.3 Å². The van der Waals surface area contributed by atoms with Crippen molar-refractivity contribution in [2.24, 2.45) is 10.7 Å². The number of nitrogens with zero attached hydrogens (tertiary/aromatic N) is 1. The fourth-order valence-corrected chi connectivity index (χ4v) is 1.16. The maximum Gasteiger partial charge on any atom is 0.140 e. The quantitative estimate of drug-likeness (QED) is 0.234. The molecule has 0 heterocycles. The Morgan fingerprint density at radius 2 is 2.45 bits per heavy atom. The van der Waals surface area contributed by atoms with Crippen molar-refractivity contribution in [3.63, 3.8) is 0 Å². The topological polar surface area (TPSA) is 59.6 Å². The van der Waals surface area contributed by atoms with Gasteiger partial charge in [0.1, 0.15) is 10.3 Å². The number of ether oxygens (including phenoxy) is 1. The number of hydrogen-bond acceptors (Lipinski definition) is 4. The average Bonchev–Trinajstić information content (AvgIpc) is 2.05. The second kappa shape index (κ2) is 6.96. The van der Waals surface area contributed by atoms with E-state index in [4.69, 9.17) is 10.5 Å². The molecule has 0 aliphatic heterocycles. The van der Waals surface area contributed by atoms with Crippen molar-refractivity contribution in [3.8, 4) is 0 Å². The molecule has 2 unspecified atom stereocenters. The summed E-state index contributed by atoms with van der Waals surface area (Å²) in [6.07, 6.45) is -0.0864. The lowest BCUT2D eigenvalue weighted by molar-refractivity contribution is 0.0783. The number of aliphatic imine (C=N–C) groups is 1. The molecule has 4 nitrogen and oxygen atoms in total. The third kappa shape index (κ3) is 4.67. The van der Waals surface area contributed by atoms with Gasteiger partial charge in [0.15, 0.2) is 0 Å². The summed E-state index contributed by atoms with van der Waals surface area (Å²) in [5, 5.41) is 3.08. The normalized spacial score (nSPS) is 15.9. The molecule has 66 valence electrons. The van der Waals surface area contributed by atoms with Gasteiger partial charge in [-0.2, -0.15) is 0 Å². The molecular weight excluding hydrogens is 257 g/mol. The number of halogens is 1. The summed E-state index contributed by atoms with van der Waals surface area (Å²) >= 11 is 2.15. The van der Waals surface area contributed by atoms with E-state index in [2.05, 4.69) is 39.6 Å². The van der Waals surface area contributed by atoms with Crippen LogP contribution >= 0.6 is 22.6 Å². The Morgan fingerprint density at radius 3 is 2.82 bits per heavy atom. The predicted molar refractivity (Wildman–Crippen MR) is 55.2 cm³/mol. The third-order valence-electron chi connectivity index (χ3n) is 1.17. The molecule has 0 aromatic rings. The van der Waals surface area contributed by atoms with Crippen molar-refractivity contribution >= 4 is 29.3 Å². The first-order chi connectivity index (χ1) is 5.26. The zero-order valence-corrected chi connectivity index (χ0v) is 8.74. The van der Waals surface area contributed by atoms with E-state index in [1.807, 2.05) is 0 Å². The summed E-state index contributed by atoms with van der Waals surface area (Å²) in [5.41, 5.74) is 5.31. The van der Waals surface area contributed by atoms with E-state index >= 15 is 0 Å². The fourth-order valence-electron chi connectivity index (χ4n) is 0.614. The molecule has 0 aliphatic carbocycles. The van der Waals surface area contributed by atoms with Gasteiger partial charge in [-0.1, -0.05) is 22.6 Å². The molecule has 0 fully saturated rings. The van der Waals surface area contributed by atoms with E-state index in [0.717, 1.165) is 6.54 Å². The highest BCUT2D eigenvalue weighted by Crippen LogP contribution is 2.07. The first kappa shape index (κ1) is 11.3. The Hall–Kier alpha value is 0.280. The molecule has 0 bridgehead atoms. The SMILES string of the molecule is C=NC(I)C(NCCN)OC. The molecule has 0 spiro atoms. The van der Waals surface area contributed by atoms with Crippen LogP contribution in [0.2, 0.25) is 0 Å². The van der Waals surface area contributed by atoms with Gasteiger partial charge in [0.25, 0.3) is 0 Å². The van der Waals surface area contributed by atoms with Gasteiger partial charge >= 0.3 is 0 Å². The highest BCUT2D eigenvalue weighted by atomic mass is 127. The molecule has 0 aromatic heterocycles. The van der Waals surface area contributed by atoms with Crippen molar-refractivity contribution in [2.75, 3.05) is 20.2 Å². The molecule has 0 aliphatic rings. The Morgan fingerprint density at radius 1 is 1.82 bits per heavy atom. The maximum atomic E-state index is 5.31. The lowest BCUT2D eigenvalue weighted by Gasteiger charge is -2.18. The smallest absolute Gasteiger partial charge is 0.140 e. The van der Waals surface area contributed by atoms with Crippen LogP contribution in [-0.4, -0.2) is 37.2 Å². The van der Waals surface area contributed by atoms with Crippen LogP contribution in [0.15, 0.2) is 4.99 Å². The van der Waals surface area contributed by atoms with Gasteiger partial charge in [0.2, 0.25) is 0 Å². The van der Waals surface area contributed by atoms with Gasteiger partial charge in [0.05, 0.1) is 0 Å². The zero-order valence-electron chi connectivity index (χ0n) is 6.59. The molecular formula is C6H14IN3O. The molecule has 0 radical (unpaired) electrons. The minimum absolute atomic E-state index is 0.0316. The zero-order chi connectivity index (χ0) is 8.69. The summed E-state index contributed by atoms with van der Waals surface area (Å²) in [7, 11) is 1.63. The number of rotatable bonds is 6. The molecule has 0 amide bonds. The first-order valence-corrected chi connectivity index (χ1v) is 4.57. The van der Waals surface area contributed by atoms with E-state index < -0.39 is 0 Å². The van der Waals surface area contributed by atoms with Gasteiger partial charge in [-0.05, 0) is 6.72 Å². The van der Waals surface area contributed by atoms with Crippen molar-refractivity contribution in [1.29, 1.82) is 0 Å². The minimum atomic E-state index is -0.0864. The van der Waals surface area contributed by atoms with Gasteiger partial charge in [-0.15, -0.1) is 0 Å². The second-order valence-corrected chi connectivity index (χ2v) is 3.23. The number of alkyl halides is 1. The molecule has 0 saturated heterocycles. The first-order valence-electron chi connectivity index (χ1n) is 3.32. The van der Waals surface area contributed by atoms with Crippen LogP contribution < -0.4 is 11.1 Å². The van der Waals surface area contributed by atoms with Crippen LogP contribution in [0.1, 0.15) is 0 Å². The largest absolute Gasteiger partial charge is 0.363 e. The van der Waals surface area contributed by atoms with Crippen molar-refractivity contribution in [3.05, 3.63) is 0 Å². The third-order valence-corrected chi connectivity index (χ3v) is 2.22. The Bertz CT molecular complexity index is 112. The van der Waals surface area contributed by atoms with Crippen LogP contribution in [0.25, 0.3) is 0 Å². The fraction of sp³-hybridized carbons (Fsp3) is 0.833. The molecule has 0 rings (SSSR count). The van der Waals surface area contributed by atoms with Crippen molar-refractivity contribution in [1.82, 2.24) is 5.32 Å². The van der Waals surface area contributed by atoms with E-state index in [1.165, 1.54) is 0 Å². The van der Waals surface area contributed by atoms with Gasteiger partial charge < -0.3 is 10.5 Å². The molecule has 3 N–H and O–H groups in total. The molecule has 0 aromatic carbocycles. The van der Waals surface area contributed by atoms with Crippen LogP contribution in [0.3, 0.4) is 0 Å².